The smallest absolute Gasteiger partial charge is 0.255 e. The monoisotopic (exact) mass is 447 g/mol. The lowest BCUT2D eigenvalue weighted by molar-refractivity contribution is 0.102. The van der Waals surface area contributed by atoms with Crippen molar-refractivity contribution in [2.45, 2.75) is 13.3 Å². The molecule has 1 amide bonds. The Morgan fingerprint density at radius 3 is 2.56 bits per heavy atom. The standard InChI is InChI=1S/C26H29N3O2S/c1-18-15-20(7-9-23(18)19-5-4-6-22(32)16-19)26(30)27-21-8-10-25(31-3)24(17-21)29-13-11-28(2)12-14-29/h4-5,7-10,15-17H,6,11-14H2,1-3H3,(H,27,30). The number of hydrogen-bond donors (Lipinski definition) is 1. The molecule has 6 heteroatoms. The van der Waals surface area contributed by atoms with Crippen molar-refractivity contribution >= 4 is 39.9 Å². The summed E-state index contributed by atoms with van der Waals surface area (Å²) in [6.45, 7) is 5.89. The van der Waals surface area contributed by atoms with Crippen LogP contribution in [0.15, 0.2) is 54.6 Å². The Hall–Kier alpha value is -2.96. The van der Waals surface area contributed by atoms with Crippen molar-refractivity contribution in [3.8, 4) is 5.75 Å². The fraction of sp³-hybridized carbons (Fsp3) is 0.308. The quantitative estimate of drug-likeness (QED) is 0.672. The van der Waals surface area contributed by atoms with Gasteiger partial charge in [0, 0.05) is 48.7 Å². The minimum Gasteiger partial charge on any atom is -0.495 e. The van der Waals surface area contributed by atoms with Crippen LogP contribution in [0, 0.1) is 6.92 Å². The number of rotatable bonds is 5. The Morgan fingerprint density at radius 1 is 1.09 bits per heavy atom. The van der Waals surface area contributed by atoms with Crippen LogP contribution in [0.2, 0.25) is 0 Å². The van der Waals surface area contributed by atoms with E-state index in [1.54, 1.807) is 7.11 Å². The van der Waals surface area contributed by atoms with Crippen molar-refractivity contribution in [2.24, 2.45) is 0 Å². The summed E-state index contributed by atoms with van der Waals surface area (Å²) in [7, 11) is 3.81. The molecule has 0 bridgehead atoms. The molecule has 0 radical (unpaired) electrons. The number of allylic oxidation sites excluding steroid dienone is 4. The minimum atomic E-state index is -0.127. The molecule has 1 fully saturated rings. The maximum atomic E-state index is 13.0. The summed E-state index contributed by atoms with van der Waals surface area (Å²) in [5, 5.41) is 3.05. The van der Waals surface area contributed by atoms with E-state index in [0.717, 1.165) is 71.3 Å². The predicted octanol–water partition coefficient (Wildman–Crippen LogP) is 4.72. The highest BCUT2D eigenvalue weighted by molar-refractivity contribution is 7.80. The van der Waals surface area contributed by atoms with Crippen LogP contribution < -0.4 is 15.0 Å². The molecule has 0 unspecified atom stereocenters. The van der Waals surface area contributed by atoms with Crippen LogP contribution in [0.4, 0.5) is 11.4 Å². The van der Waals surface area contributed by atoms with Crippen LogP contribution in [0.1, 0.15) is 27.9 Å². The van der Waals surface area contributed by atoms with Gasteiger partial charge >= 0.3 is 0 Å². The van der Waals surface area contributed by atoms with Crippen LogP contribution in [-0.4, -0.2) is 56.0 Å². The molecule has 2 aromatic rings. The summed E-state index contributed by atoms with van der Waals surface area (Å²) < 4.78 is 5.58. The number of piperazine rings is 1. The highest BCUT2D eigenvalue weighted by Crippen LogP contribution is 2.32. The Kier molecular flexibility index (Phi) is 6.72. The first-order chi connectivity index (χ1) is 15.4. The van der Waals surface area contributed by atoms with Gasteiger partial charge in [0.2, 0.25) is 0 Å². The molecule has 5 nitrogen and oxygen atoms in total. The van der Waals surface area contributed by atoms with Gasteiger partial charge in [0.15, 0.2) is 0 Å². The summed E-state index contributed by atoms with van der Waals surface area (Å²) in [6, 6.07) is 11.6. The first-order valence-corrected chi connectivity index (χ1v) is 11.3. The predicted molar refractivity (Wildman–Crippen MR) is 136 cm³/mol. The Bertz CT molecular complexity index is 1100. The van der Waals surface area contributed by atoms with E-state index in [2.05, 4.69) is 34.3 Å². The molecule has 1 aliphatic carbocycles. The number of aryl methyl sites for hydroxylation is 1. The summed E-state index contributed by atoms with van der Waals surface area (Å²) in [5.74, 6) is 0.692. The molecular formula is C26H29N3O2S. The highest BCUT2D eigenvalue weighted by atomic mass is 32.1. The van der Waals surface area contributed by atoms with Crippen molar-refractivity contribution in [3.63, 3.8) is 0 Å². The van der Waals surface area contributed by atoms with Gasteiger partial charge in [-0.15, -0.1) is 0 Å². The Balaban J connectivity index is 1.52. The molecule has 0 atom stereocenters. The van der Waals surface area contributed by atoms with Gasteiger partial charge in [-0.05, 0) is 67.1 Å². The fourth-order valence-electron chi connectivity index (χ4n) is 4.14. The molecule has 1 saturated heterocycles. The first-order valence-electron chi connectivity index (χ1n) is 10.9. The van der Waals surface area contributed by atoms with Crippen LogP contribution in [0.25, 0.3) is 5.57 Å². The van der Waals surface area contributed by atoms with E-state index >= 15 is 0 Å². The number of carbonyl (C=O) groups is 1. The Morgan fingerprint density at radius 2 is 1.88 bits per heavy atom. The number of carbonyl (C=O) groups excluding carboxylic acids is 1. The SMILES string of the molecule is COc1ccc(NC(=O)c2ccc(C3=CC(=S)CC=C3)c(C)c2)cc1N1CCN(C)CC1. The van der Waals surface area contributed by atoms with Crippen LogP contribution in [0.5, 0.6) is 5.75 Å². The number of benzene rings is 2. The molecule has 0 aromatic heterocycles. The summed E-state index contributed by atoms with van der Waals surface area (Å²) in [5.41, 5.74) is 5.64. The largest absolute Gasteiger partial charge is 0.495 e. The second-order valence-corrected chi connectivity index (χ2v) is 8.86. The van der Waals surface area contributed by atoms with Gasteiger partial charge in [0.05, 0.1) is 12.8 Å². The molecular weight excluding hydrogens is 418 g/mol. The third-order valence-electron chi connectivity index (χ3n) is 6.01. The molecule has 32 heavy (non-hydrogen) atoms. The zero-order valence-corrected chi connectivity index (χ0v) is 19.7. The molecule has 2 aromatic carbocycles. The number of amides is 1. The summed E-state index contributed by atoms with van der Waals surface area (Å²) in [4.78, 5) is 18.5. The summed E-state index contributed by atoms with van der Waals surface area (Å²) >= 11 is 5.34. The van der Waals surface area contributed by atoms with Crippen LogP contribution in [0.3, 0.4) is 0 Å². The number of ether oxygens (including phenoxy) is 1. The van der Waals surface area contributed by atoms with E-state index < -0.39 is 0 Å². The van der Waals surface area contributed by atoms with Gasteiger partial charge in [-0.2, -0.15) is 0 Å². The minimum absolute atomic E-state index is 0.127. The number of hydrogen-bond acceptors (Lipinski definition) is 5. The second kappa shape index (κ2) is 9.67. The zero-order chi connectivity index (χ0) is 22.7. The van der Waals surface area contributed by atoms with Crippen molar-refractivity contribution in [1.82, 2.24) is 4.90 Å². The molecule has 0 saturated carbocycles. The van der Waals surface area contributed by atoms with Gasteiger partial charge in [-0.3, -0.25) is 4.79 Å². The average molecular weight is 448 g/mol. The third-order valence-corrected chi connectivity index (χ3v) is 6.30. The van der Waals surface area contributed by atoms with E-state index in [4.69, 9.17) is 17.0 Å². The maximum absolute atomic E-state index is 13.0. The fourth-order valence-corrected chi connectivity index (χ4v) is 4.37. The van der Waals surface area contributed by atoms with E-state index in [1.165, 1.54) is 0 Å². The second-order valence-electron chi connectivity index (χ2n) is 8.33. The van der Waals surface area contributed by atoms with Crippen LogP contribution >= 0.6 is 12.2 Å². The first kappa shape index (κ1) is 22.2. The van der Waals surface area contributed by atoms with E-state index in [0.29, 0.717) is 5.56 Å². The van der Waals surface area contributed by atoms with Crippen LogP contribution in [-0.2, 0) is 0 Å². The number of nitrogens with one attached hydrogen (secondary N) is 1. The molecule has 2 aliphatic rings. The molecule has 0 spiro atoms. The molecule has 1 aliphatic heterocycles. The normalized spacial score (nSPS) is 16.7. The van der Waals surface area contributed by atoms with Gasteiger partial charge in [-0.1, -0.05) is 30.4 Å². The van der Waals surface area contributed by atoms with E-state index in [-0.39, 0.29) is 5.91 Å². The average Bonchev–Trinajstić information content (AvgIpc) is 2.79. The summed E-state index contributed by atoms with van der Waals surface area (Å²) in [6.07, 6.45) is 7.03. The lowest BCUT2D eigenvalue weighted by atomic mass is 9.94. The van der Waals surface area contributed by atoms with Gasteiger partial charge in [0.25, 0.3) is 5.91 Å². The van der Waals surface area contributed by atoms with Gasteiger partial charge < -0.3 is 19.9 Å². The molecule has 166 valence electrons. The van der Waals surface area contributed by atoms with Crippen molar-refractivity contribution < 1.29 is 9.53 Å². The van der Waals surface area contributed by atoms with E-state index in [9.17, 15) is 4.79 Å². The van der Waals surface area contributed by atoms with Crippen molar-refractivity contribution in [1.29, 1.82) is 0 Å². The van der Waals surface area contributed by atoms with Crippen molar-refractivity contribution in [3.05, 3.63) is 71.3 Å². The maximum Gasteiger partial charge on any atom is 0.255 e. The third kappa shape index (κ3) is 4.92. The van der Waals surface area contributed by atoms with Crippen molar-refractivity contribution in [2.75, 3.05) is 50.6 Å². The number of methoxy groups -OCH3 is 1. The Labute approximate surface area is 195 Å². The molecule has 1 N–H and O–H groups in total. The molecule has 1 heterocycles. The number of thiocarbonyl (C=S) groups is 1. The number of nitrogens with zero attached hydrogens (tertiary/aromatic N) is 2. The van der Waals surface area contributed by atoms with Gasteiger partial charge in [-0.25, -0.2) is 0 Å². The highest BCUT2D eigenvalue weighted by Gasteiger charge is 2.19. The van der Waals surface area contributed by atoms with E-state index in [1.807, 2.05) is 49.4 Å². The lowest BCUT2D eigenvalue weighted by Crippen LogP contribution is -2.44. The molecule has 4 rings (SSSR count). The zero-order valence-electron chi connectivity index (χ0n) is 18.9. The van der Waals surface area contributed by atoms with Gasteiger partial charge in [0.1, 0.15) is 5.75 Å². The lowest BCUT2D eigenvalue weighted by Gasteiger charge is -2.35. The number of likely N-dealkylation sites (N-methyl/N-ethyl adjacent to an activating group) is 1. The topological polar surface area (TPSA) is 44.8 Å². The number of anilines is 2.